The second-order valence-corrected chi connectivity index (χ2v) is 5.14. The van der Waals surface area contributed by atoms with E-state index in [4.69, 9.17) is 0 Å². The van der Waals surface area contributed by atoms with Crippen molar-refractivity contribution in [2.75, 3.05) is 0 Å². The van der Waals surface area contributed by atoms with Gasteiger partial charge in [0.2, 0.25) is 0 Å². The number of nitrogens with one attached hydrogen (secondary N) is 1. The molecule has 0 saturated carbocycles. The Morgan fingerprint density at radius 2 is 1.33 bits per heavy atom. The zero-order chi connectivity index (χ0) is 20.5. The van der Waals surface area contributed by atoms with Gasteiger partial charge in [-0.25, -0.2) is 0 Å². The zero-order valence-corrected chi connectivity index (χ0v) is 12.9. The summed E-state index contributed by atoms with van der Waals surface area (Å²) in [6.45, 7) is 0. The number of carboxylic acid groups (broad SMARTS) is 4. The summed E-state index contributed by atoms with van der Waals surface area (Å²) in [6, 6.07) is 3.84. The molecule has 12 nitrogen and oxygen atoms in total. The van der Waals surface area contributed by atoms with Gasteiger partial charge in [-0.1, -0.05) is 12.1 Å². The summed E-state index contributed by atoms with van der Waals surface area (Å²) in [5, 5.41) is 58.0. The average Bonchev–Trinajstić information content (AvgIpc) is 2.59. The monoisotopic (exact) mass is 374 g/mol. The Bertz CT molecular complexity index is 911. The van der Waals surface area contributed by atoms with Crippen molar-refractivity contribution in [3.8, 4) is 0 Å². The summed E-state index contributed by atoms with van der Waals surface area (Å²) in [7, 11) is 0. The molecular formula is C15H6N2O10-4. The summed E-state index contributed by atoms with van der Waals surface area (Å²) >= 11 is 0. The Balaban J connectivity index is 2.91. The number of aliphatic carboxylic acids is 4. The number of nitro groups is 1. The number of carboxylic acids is 4. The molecule has 1 aliphatic heterocycles. The zero-order valence-electron chi connectivity index (χ0n) is 12.9. The summed E-state index contributed by atoms with van der Waals surface area (Å²) in [5.74, 6) is -10.8. The van der Waals surface area contributed by atoms with E-state index in [0.29, 0.717) is 0 Å². The lowest BCUT2D eigenvalue weighted by Crippen LogP contribution is -2.48. The van der Waals surface area contributed by atoms with Crippen LogP contribution in [-0.2, 0) is 19.2 Å². The molecule has 0 aliphatic carbocycles. The lowest BCUT2D eigenvalue weighted by molar-refractivity contribution is -0.384. The highest BCUT2D eigenvalue weighted by Gasteiger charge is 2.34. The fourth-order valence-corrected chi connectivity index (χ4v) is 2.61. The maximum Gasteiger partial charge on any atom is 0.269 e. The summed E-state index contributed by atoms with van der Waals surface area (Å²) in [4.78, 5) is 55.5. The summed E-state index contributed by atoms with van der Waals surface area (Å²) < 4.78 is 0. The number of nitro benzene ring substituents is 1. The SMILES string of the molecule is O=C([O-])C1=C(C(=O)[O-])C(c2cccc([N+](=O)[O-])c2)C(C(=O)[O-])=C(C(=O)[O-])N1. The van der Waals surface area contributed by atoms with Gasteiger partial charge in [-0.2, -0.15) is 0 Å². The largest absolute Gasteiger partial charge is 0.545 e. The van der Waals surface area contributed by atoms with Crippen LogP contribution in [-0.4, -0.2) is 28.8 Å². The van der Waals surface area contributed by atoms with Crippen LogP contribution in [0.1, 0.15) is 11.5 Å². The third-order valence-corrected chi connectivity index (χ3v) is 3.63. The highest BCUT2D eigenvalue weighted by atomic mass is 16.6. The van der Waals surface area contributed by atoms with E-state index >= 15 is 0 Å². The number of benzene rings is 1. The molecule has 140 valence electrons. The van der Waals surface area contributed by atoms with E-state index < -0.39 is 68.5 Å². The van der Waals surface area contributed by atoms with Crippen LogP contribution in [0.25, 0.3) is 0 Å². The second kappa shape index (κ2) is 6.95. The molecule has 1 aromatic rings. The van der Waals surface area contributed by atoms with Gasteiger partial charge < -0.3 is 44.9 Å². The van der Waals surface area contributed by atoms with Gasteiger partial charge in [0.1, 0.15) is 0 Å². The Labute approximate surface area is 148 Å². The van der Waals surface area contributed by atoms with Crippen molar-refractivity contribution >= 4 is 29.6 Å². The Morgan fingerprint density at radius 1 is 0.852 bits per heavy atom. The van der Waals surface area contributed by atoms with Crippen molar-refractivity contribution in [1.82, 2.24) is 5.32 Å². The number of nitrogens with zero attached hydrogens (tertiary/aromatic N) is 1. The molecule has 0 aromatic heterocycles. The van der Waals surface area contributed by atoms with Crippen LogP contribution in [0.2, 0.25) is 0 Å². The van der Waals surface area contributed by atoms with Gasteiger partial charge in [0, 0.05) is 29.2 Å². The first-order valence-corrected chi connectivity index (χ1v) is 6.91. The molecule has 1 heterocycles. The topological polar surface area (TPSA) is 216 Å². The van der Waals surface area contributed by atoms with Crippen LogP contribution >= 0.6 is 0 Å². The smallest absolute Gasteiger partial charge is 0.269 e. The Morgan fingerprint density at radius 3 is 1.70 bits per heavy atom. The van der Waals surface area contributed by atoms with Crippen molar-refractivity contribution in [3.63, 3.8) is 0 Å². The van der Waals surface area contributed by atoms with E-state index in [1.165, 1.54) is 0 Å². The Hall–Kier alpha value is -4.22. The predicted octanol–water partition coefficient (Wildman–Crippen LogP) is -5.21. The van der Waals surface area contributed by atoms with Crippen LogP contribution in [0.15, 0.2) is 46.8 Å². The molecular weight excluding hydrogens is 368 g/mol. The van der Waals surface area contributed by atoms with Gasteiger partial charge in [-0.15, -0.1) is 0 Å². The van der Waals surface area contributed by atoms with Gasteiger partial charge in [0.05, 0.1) is 40.2 Å². The molecule has 12 heteroatoms. The molecule has 2 rings (SSSR count). The number of non-ortho nitro benzene ring substituents is 1. The second-order valence-electron chi connectivity index (χ2n) is 5.14. The van der Waals surface area contributed by atoms with Gasteiger partial charge in [-0.05, 0) is 5.56 Å². The quantitative estimate of drug-likeness (QED) is 0.366. The van der Waals surface area contributed by atoms with E-state index in [0.717, 1.165) is 24.3 Å². The summed E-state index contributed by atoms with van der Waals surface area (Å²) in [5.41, 5.74) is -6.00. The van der Waals surface area contributed by atoms with Gasteiger partial charge >= 0.3 is 0 Å². The first kappa shape index (κ1) is 19.1. The number of dihydropyridines is 1. The number of hydrogen-bond donors (Lipinski definition) is 1. The first-order chi connectivity index (χ1) is 12.6. The Kier molecular flexibility index (Phi) is 4.92. The van der Waals surface area contributed by atoms with Crippen LogP contribution in [0, 0.1) is 10.1 Å². The normalized spacial score (nSPS) is 14.5. The molecule has 1 aromatic carbocycles. The number of rotatable bonds is 6. The molecule has 0 fully saturated rings. The molecule has 0 saturated heterocycles. The van der Waals surface area contributed by atoms with E-state index in [-0.39, 0.29) is 0 Å². The maximum atomic E-state index is 11.5. The van der Waals surface area contributed by atoms with Gasteiger partial charge in [-0.3, -0.25) is 10.1 Å². The van der Waals surface area contributed by atoms with Crippen molar-refractivity contribution in [2.45, 2.75) is 5.92 Å². The fourth-order valence-electron chi connectivity index (χ4n) is 2.61. The number of carbonyl (C=O) groups excluding carboxylic acids is 4. The minimum Gasteiger partial charge on any atom is -0.545 e. The maximum absolute atomic E-state index is 11.5. The third kappa shape index (κ3) is 3.44. The molecule has 0 radical (unpaired) electrons. The molecule has 1 aliphatic rings. The third-order valence-electron chi connectivity index (χ3n) is 3.63. The molecule has 0 unspecified atom stereocenters. The van der Waals surface area contributed by atoms with Crippen LogP contribution < -0.4 is 25.7 Å². The minimum atomic E-state index is -2.18. The predicted molar refractivity (Wildman–Crippen MR) is 73.1 cm³/mol. The molecule has 27 heavy (non-hydrogen) atoms. The van der Waals surface area contributed by atoms with Crippen LogP contribution in [0.5, 0.6) is 0 Å². The van der Waals surface area contributed by atoms with E-state index in [1.807, 2.05) is 0 Å². The summed E-state index contributed by atoms with van der Waals surface area (Å²) in [6.07, 6.45) is 0. The molecule has 0 bridgehead atoms. The molecule has 0 spiro atoms. The van der Waals surface area contributed by atoms with Crippen LogP contribution in [0.4, 0.5) is 5.69 Å². The van der Waals surface area contributed by atoms with E-state index in [2.05, 4.69) is 0 Å². The van der Waals surface area contributed by atoms with Gasteiger partial charge in [0.15, 0.2) is 0 Å². The minimum absolute atomic E-state index is 0.401. The lowest BCUT2D eigenvalue weighted by atomic mass is 9.80. The number of carbonyl (C=O) groups is 4. The first-order valence-electron chi connectivity index (χ1n) is 6.91. The fraction of sp³-hybridized carbons (Fsp3) is 0.0667. The molecule has 0 atom stereocenters. The lowest BCUT2D eigenvalue weighted by Gasteiger charge is -2.35. The molecule has 0 amide bonds. The van der Waals surface area contributed by atoms with Crippen molar-refractivity contribution in [2.24, 2.45) is 0 Å². The van der Waals surface area contributed by atoms with Crippen molar-refractivity contribution < 1.29 is 44.5 Å². The van der Waals surface area contributed by atoms with E-state index in [1.54, 1.807) is 5.32 Å². The van der Waals surface area contributed by atoms with E-state index in [9.17, 15) is 49.7 Å². The highest BCUT2D eigenvalue weighted by molar-refractivity contribution is 6.07. The van der Waals surface area contributed by atoms with Gasteiger partial charge in [0.25, 0.3) is 5.69 Å². The van der Waals surface area contributed by atoms with Crippen LogP contribution in [0.3, 0.4) is 0 Å². The van der Waals surface area contributed by atoms with Crippen molar-refractivity contribution in [3.05, 3.63) is 62.5 Å². The average molecular weight is 374 g/mol. The molecule has 1 N–H and O–H groups in total. The highest BCUT2D eigenvalue weighted by Crippen LogP contribution is 2.38. The standard InChI is InChI=1S/C15H10N2O10/c18-12(19)8-7(5-2-1-3-6(4-5)17(26)27)9(13(20)21)11(15(24)25)16-10(8)14(22)23/h1-4,7,16H,(H,18,19)(H,20,21)(H,22,23)(H,24,25)/p-4. The number of hydrogen-bond acceptors (Lipinski definition) is 11. The van der Waals surface area contributed by atoms with Crippen molar-refractivity contribution in [1.29, 1.82) is 0 Å².